The highest BCUT2D eigenvalue weighted by Crippen LogP contribution is 2.44. The molecule has 196 valence electrons. The lowest BCUT2D eigenvalue weighted by Gasteiger charge is -2.21. The number of urea groups is 1. The van der Waals surface area contributed by atoms with Crippen LogP contribution in [0.2, 0.25) is 0 Å². The number of benzene rings is 1. The first-order valence-corrected chi connectivity index (χ1v) is 14.6. The summed E-state index contributed by atoms with van der Waals surface area (Å²) in [6, 6.07) is 12.7. The van der Waals surface area contributed by atoms with Crippen LogP contribution < -0.4 is 5.32 Å². The number of amides is 2. The maximum absolute atomic E-state index is 13.2. The Labute approximate surface area is 218 Å². The number of sulfone groups is 1. The molecule has 1 aliphatic heterocycles. The second kappa shape index (κ2) is 10.2. The number of nitrogens with one attached hydrogen (secondary N) is 1. The lowest BCUT2D eigenvalue weighted by molar-refractivity contribution is 0.207. The summed E-state index contributed by atoms with van der Waals surface area (Å²) >= 11 is 0. The highest BCUT2D eigenvalue weighted by molar-refractivity contribution is 7.91. The van der Waals surface area contributed by atoms with Crippen LogP contribution in [0.15, 0.2) is 53.7 Å². The summed E-state index contributed by atoms with van der Waals surface area (Å²) < 4.78 is 26.1. The molecule has 0 radical (unpaired) electrons. The summed E-state index contributed by atoms with van der Waals surface area (Å²) in [4.78, 5) is 23.4. The molecule has 2 fully saturated rings. The van der Waals surface area contributed by atoms with E-state index in [-0.39, 0.29) is 41.1 Å². The van der Waals surface area contributed by atoms with Crippen molar-refractivity contribution in [2.75, 3.05) is 18.8 Å². The molecule has 5 rings (SSSR count). The lowest BCUT2D eigenvalue weighted by atomic mass is 9.86. The molecule has 2 aliphatic rings. The topological polar surface area (TPSA) is 110 Å². The van der Waals surface area contributed by atoms with Gasteiger partial charge in [-0.1, -0.05) is 37.3 Å². The van der Waals surface area contributed by atoms with E-state index in [0.717, 1.165) is 0 Å². The van der Waals surface area contributed by atoms with Gasteiger partial charge in [-0.3, -0.25) is 4.68 Å². The molecule has 0 bridgehead atoms. The first kappa shape index (κ1) is 25.4. The van der Waals surface area contributed by atoms with E-state index in [4.69, 9.17) is 5.10 Å². The quantitative estimate of drug-likeness (QED) is 0.479. The Balaban J connectivity index is 1.34. The Hall–Kier alpha value is -3.27. The summed E-state index contributed by atoms with van der Waals surface area (Å²) in [6.07, 6.45) is 5.00. The SMILES string of the molecule is CCS(=O)(=O)c1cnc(CNC(=O)N2CC(c3ccccc3)C(c3cc(C4CC4)nn3C(C)C)C2)nc1. The van der Waals surface area contributed by atoms with Gasteiger partial charge < -0.3 is 10.2 Å². The minimum Gasteiger partial charge on any atom is -0.331 e. The van der Waals surface area contributed by atoms with Crippen molar-refractivity contribution in [3.63, 3.8) is 0 Å². The Morgan fingerprint density at radius 3 is 2.38 bits per heavy atom. The molecule has 1 aliphatic carbocycles. The highest BCUT2D eigenvalue weighted by atomic mass is 32.2. The summed E-state index contributed by atoms with van der Waals surface area (Å²) in [5.74, 6) is 1.20. The van der Waals surface area contributed by atoms with Crippen LogP contribution in [-0.2, 0) is 16.4 Å². The van der Waals surface area contributed by atoms with Crippen molar-refractivity contribution in [3.05, 3.63) is 71.6 Å². The van der Waals surface area contributed by atoms with Gasteiger partial charge in [-0.25, -0.2) is 23.2 Å². The molecule has 2 atom stereocenters. The number of hydrogen-bond acceptors (Lipinski definition) is 6. The van der Waals surface area contributed by atoms with Crippen LogP contribution in [0.3, 0.4) is 0 Å². The first-order chi connectivity index (χ1) is 17.8. The predicted octanol–water partition coefficient (Wildman–Crippen LogP) is 4.02. The van der Waals surface area contributed by atoms with Crippen molar-refractivity contribution in [3.8, 4) is 0 Å². The Bertz CT molecular complexity index is 1350. The third kappa shape index (κ3) is 5.39. The van der Waals surface area contributed by atoms with Gasteiger partial charge in [0.2, 0.25) is 0 Å². The van der Waals surface area contributed by atoms with Crippen molar-refractivity contribution < 1.29 is 13.2 Å². The van der Waals surface area contributed by atoms with E-state index in [9.17, 15) is 13.2 Å². The van der Waals surface area contributed by atoms with E-state index < -0.39 is 9.84 Å². The molecule has 37 heavy (non-hydrogen) atoms. The van der Waals surface area contributed by atoms with Gasteiger partial charge in [0, 0.05) is 55.0 Å². The minimum absolute atomic E-state index is 0.0109. The van der Waals surface area contributed by atoms with Gasteiger partial charge in [0.05, 0.1) is 18.0 Å². The molecule has 3 aromatic rings. The summed E-state index contributed by atoms with van der Waals surface area (Å²) in [6.45, 7) is 7.19. The number of carbonyl (C=O) groups excluding carboxylic acids is 1. The van der Waals surface area contributed by atoms with Gasteiger partial charge in [0.15, 0.2) is 9.84 Å². The molecule has 0 spiro atoms. The molecule has 2 aromatic heterocycles. The van der Waals surface area contributed by atoms with Crippen molar-refractivity contribution in [1.29, 1.82) is 0 Å². The maximum atomic E-state index is 13.2. The van der Waals surface area contributed by atoms with Gasteiger partial charge in [-0.2, -0.15) is 5.10 Å². The lowest BCUT2D eigenvalue weighted by Crippen LogP contribution is -2.38. The van der Waals surface area contributed by atoms with Crippen LogP contribution in [0.1, 0.15) is 80.2 Å². The van der Waals surface area contributed by atoms with Gasteiger partial charge in [0.1, 0.15) is 10.7 Å². The van der Waals surface area contributed by atoms with E-state index in [2.05, 4.69) is 52.0 Å². The van der Waals surface area contributed by atoms with E-state index in [1.165, 1.54) is 42.2 Å². The molecular weight excluding hydrogens is 488 g/mol. The molecule has 3 heterocycles. The molecule has 1 saturated heterocycles. The fourth-order valence-electron chi connectivity index (χ4n) is 5.03. The van der Waals surface area contributed by atoms with E-state index >= 15 is 0 Å². The Kier molecular flexibility index (Phi) is 7.02. The predicted molar refractivity (Wildman–Crippen MR) is 140 cm³/mol. The molecule has 2 amide bonds. The van der Waals surface area contributed by atoms with E-state index in [0.29, 0.717) is 24.8 Å². The van der Waals surface area contributed by atoms with Gasteiger partial charge >= 0.3 is 6.03 Å². The van der Waals surface area contributed by atoms with E-state index in [1.807, 2.05) is 23.1 Å². The van der Waals surface area contributed by atoms with E-state index in [1.54, 1.807) is 6.92 Å². The summed E-state index contributed by atoms with van der Waals surface area (Å²) in [5.41, 5.74) is 3.57. The normalized spacial score (nSPS) is 19.9. The number of nitrogens with zero attached hydrogens (tertiary/aromatic N) is 5. The van der Waals surface area contributed by atoms with Crippen LogP contribution >= 0.6 is 0 Å². The number of likely N-dealkylation sites (tertiary alicyclic amines) is 1. The fourth-order valence-corrected chi connectivity index (χ4v) is 5.79. The fraction of sp³-hybridized carbons (Fsp3) is 0.481. The zero-order valence-corrected chi connectivity index (χ0v) is 22.4. The molecular formula is C27H34N6O3S. The van der Waals surface area contributed by atoms with Gasteiger partial charge in [-0.05, 0) is 38.3 Å². The Morgan fingerprint density at radius 2 is 1.76 bits per heavy atom. The zero-order chi connectivity index (χ0) is 26.2. The average Bonchev–Trinajstić information content (AvgIpc) is 3.50. The molecule has 1 saturated carbocycles. The van der Waals surface area contributed by atoms with Crippen molar-refractivity contribution >= 4 is 15.9 Å². The average molecular weight is 523 g/mol. The van der Waals surface area contributed by atoms with Crippen molar-refractivity contribution in [1.82, 2.24) is 30.0 Å². The molecule has 1 N–H and O–H groups in total. The van der Waals surface area contributed by atoms with Crippen LogP contribution in [0.5, 0.6) is 0 Å². The second-order valence-electron chi connectivity index (χ2n) is 10.2. The number of rotatable bonds is 8. The third-order valence-corrected chi connectivity index (χ3v) is 8.99. The van der Waals surface area contributed by atoms with Crippen LogP contribution in [0.4, 0.5) is 4.79 Å². The second-order valence-corrected chi connectivity index (χ2v) is 12.5. The number of aromatic nitrogens is 4. The monoisotopic (exact) mass is 522 g/mol. The Morgan fingerprint density at radius 1 is 1.08 bits per heavy atom. The maximum Gasteiger partial charge on any atom is 0.317 e. The smallest absolute Gasteiger partial charge is 0.317 e. The largest absolute Gasteiger partial charge is 0.331 e. The highest BCUT2D eigenvalue weighted by Gasteiger charge is 2.40. The molecule has 10 heteroatoms. The van der Waals surface area contributed by atoms with Crippen LogP contribution in [0.25, 0.3) is 0 Å². The number of carbonyl (C=O) groups is 1. The van der Waals surface area contributed by atoms with Crippen molar-refractivity contribution in [2.24, 2.45) is 0 Å². The minimum atomic E-state index is -3.36. The van der Waals surface area contributed by atoms with Gasteiger partial charge in [-0.15, -0.1) is 0 Å². The summed E-state index contributed by atoms with van der Waals surface area (Å²) in [7, 11) is -3.36. The first-order valence-electron chi connectivity index (χ1n) is 13.0. The molecule has 9 nitrogen and oxygen atoms in total. The molecule has 1 aromatic carbocycles. The third-order valence-electron chi connectivity index (χ3n) is 7.30. The zero-order valence-electron chi connectivity index (χ0n) is 21.5. The van der Waals surface area contributed by atoms with Crippen molar-refractivity contribution in [2.45, 2.75) is 68.8 Å². The summed E-state index contributed by atoms with van der Waals surface area (Å²) in [5, 5.41) is 7.88. The van der Waals surface area contributed by atoms with Crippen LogP contribution in [-0.4, -0.2) is 57.9 Å². The molecule has 2 unspecified atom stereocenters. The van der Waals surface area contributed by atoms with Gasteiger partial charge in [0.25, 0.3) is 0 Å². The number of hydrogen-bond donors (Lipinski definition) is 1. The standard InChI is InChI=1S/C27H34N6O3S/c1-4-37(35,36)21-13-28-26(29-14-21)15-30-27(34)32-16-22(19-8-6-5-7-9-19)23(17-32)25-12-24(20-10-11-20)31-33(25)18(2)3/h5-9,12-14,18,20,22-23H,4,10-11,15-17H2,1-3H3,(H,30,34). The van der Waals surface area contributed by atoms with Crippen LogP contribution in [0, 0.1) is 0 Å².